The Morgan fingerprint density at radius 3 is 1.63 bits per heavy atom. The molecule has 1 unspecified atom stereocenters. The number of hydrogen-bond donors (Lipinski definition) is 1. The topological polar surface area (TPSA) is 30.5 Å². The standard InChI is InChI=1S/C23H20NO2P/c27-24-17-13-25-20-11-9-15-5-1-3-7-18(15)22(20)23-19-8-4-2-6-16(19)10-12-21(23)26-14-17/h1-12,17,24H,13-14,27H2. The van der Waals surface area contributed by atoms with Crippen LogP contribution in [0.3, 0.4) is 0 Å². The summed E-state index contributed by atoms with van der Waals surface area (Å²) in [6, 6.07) is 25.4. The van der Waals surface area contributed by atoms with Crippen LogP contribution in [0.15, 0.2) is 72.8 Å². The third-order valence-electron chi connectivity index (χ3n) is 5.15. The second-order valence-electron chi connectivity index (χ2n) is 6.81. The van der Waals surface area contributed by atoms with Gasteiger partial charge in [0, 0.05) is 11.1 Å². The number of rotatable bonds is 1. The van der Waals surface area contributed by atoms with Crippen LogP contribution >= 0.6 is 9.39 Å². The van der Waals surface area contributed by atoms with Crippen molar-refractivity contribution in [1.82, 2.24) is 5.09 Å². The third-order valence-corrected chi connectivity index (χ3v) is 5.62. The lowest BCUT2D eigenvalue weighted by Gasteiger charge is -2.17. The highest BCUT2D eigenvalue weighted by Gasteiger charge is 2.22. The van der Waals surface area contributed by atoms with Crippen molar-refractivity contribution in [3.63, 3.8) is 0 Å². The highest BCUT2D eigenvalue weighted by Crippen LogP contribution is 2.45. The molecular formula is C23H20NO2P. The van der Waals surface area contributed by atoms with Gasteiger partial charge in [0.1, 0.15) is 24.7 Å². The Morgan fingerprint density at radius 1 is 0.667 bits per heavy atom. The van der Waals surface area contributed by atoms with Gasteiger partial charge in [0.2, 0.25) is 0 Å². The molecule has 27 heavy (non-hydrogen) atoms. The minimum Gasteiger partial charge on any atom is -0.491 e. The van der Waals surface area contributed by atoms with Crippen molar-refractivity contribution in [2.75, 3.05) is 13.2 Å². The molecule has 0 fully saturated rings. The maximum Gasteiger partial charge on any atom is 0.128 e. The smallest absolute Gasteiger partial charge is 0.128 e. The van der Waals surface area contributed by atoms with Crippen LogP contribution < -0.4 is 14.6 Å². The normalized spacial score (nSPS) is 14.4. The van der Waals surface area contributed by atoms with Crippen LogP contribution in [0, 0.1) is 0 Å². The Hall–Kier alpha value is -2.61. The monoisotopic (exact) mass is 373 g/mol. The number of hydrogen-bond acceptors (Lipinski definition) is 3. The molecule has 0 saturated carbocycles. The van der Waals surface area contributed by atoms with Crippen molar-refractivity contribution in [2.24, 2.45) is 0 Å². The van der Waals surface area contributed by atoms with Crippen LogP contribution in [-0.2, 0) is 0 Å². The van der Waals surface area contributed by atoms with E-state index in [4.69, 9.17) is 9.47 Å². The van der Waals surface area contributed by atoms with Gasteiger partial charge in [0.15, 0.2) is 0 Å². The summed E-state index contributed by atoms with van der Waals surface area (Å²) in [7, 11) is 2.57. The van der Waals surface area contributed by atoms with Crippen LogP contribution in [0.25, 0.3) is 32.7 Å². The van der Waals surface area contributed by atoms with Crippen LogP contribution in [0.2, 0.25) is 0 Å². The van der Waals surface area contributed by atoms with Crippen molar-refractivity contribution < 1.29 is 9.47 Å². The highest BCUT2D eigenvalue weighted by molar-refractivity contribution is 7.13. The zero-order valence-electron chi connectivity index (χ0n) is 14.8. The lowest BCUT2D eigenvalue weighted by molar-refractivity contribution is 0.217. The average Bonchev–Trinajstić information content (AvgIpc) is 2.81. The quantitative estimate of drug-likeness (QED) is 0.467. The van der Waals surface area contributed by atoms with Gasteiger partial charge >= 0.3 is 0 Å². The van der Waals surface area contributed by atoms with Crippen LogP contribution in [0.1, 0.15) is 0 Å². The predicted molar refractivity (Wildman–Crippen MR) is 115 cm³/mol. The summed E-state index contributed by atoms with van der Waals surface area (Å²) in [5.74, 6) is 1.78. The molecule has 3 nitrogen and oxygen atoms in total. The molecule has 1 heterocycles. The van der Waals surface area contributed by atoms with Gasteiger partial charge in [-0.05, 0) is 33.7 Å². The molecule has 0 saturated heterocycles. The van der Waals surface area contributed by atoms with E-state index in [9.17, 15) is 0 Å². The second-order valence-corrected chi connectivity index (χ2v) is 7.14. The lowest BCUT2D eigenvalue weighted by atomic mass is 9.92. The SMILES string of the molecule is PNC1COc2ccc3ccccc3c2-c2c(ccc3ccccc23)OC1. The maximum atomic E-state index is 6.27. The van der Waals surface area contributed by atoms with E-state index in [1.807, 2.05) is 0 Å². The zero-order valence-corrected chi connectivity index (χ0v) is 16.0. The van der Waals surface area contributed by atoms with E-state index in [0.717, 1.165) is 22.6 Å². The summed E-state index contributed by atoms with van der Waals surface area (Å²) >= 11 is 0. The molecule has 1 aliphatic heterocycles. The Labute approximate surface area is 160 Å². The molecule has 0 aromatic heterocycles. The first-order valence-corrected chi connectivity index (χ1v) is 9.68. The van der Waals surface area contributed by atoms with Gasteiger partial charge in [-0.1, -0.05) is 70.1 Å². The van der Waals surface area contributed by atoms with Gasteiger partial charge in [-0.2, -0.15) is 0 Å². The maximum absolute atomic E-state index is 6.27. The first kappa shape index (κ1) is 16.6. The summed E-state index contributed by atoms with van der Waals surface area (Å²) in [6.07, 6.45) is 0. The van der Waals surface area contributed by atoms with Gasteiger partial charge < -0.3 is 9.47 Å². The average molecular weight is 373 g/mol. The zero-order chi connectivity index (χ0) is 18.2. The van der Waals surface area contributed by atoms with Crippen molar-refractivity contribution in [1.29, 1.82) is 0 Å². The van der Waals surface area contributed by atoms with Crippen LogP contribution in [-0.4, -0.2) is 19.3 Å². The van der Waals surface area contributed by atoms with Gasteiger partial charge in [-0.3, -0.25) is 5.09 Å². The van der Waals surface area contributed by atoms with Gasteiger partial charge in [0.05, 0.1) is 6.04 Å². The molecule has 5 rings (SSSR count). The molecule has 1 aliphatic rings. The summed E-state index contributed by atoms with van der Waals surface area (Å²) in [5, 5.41) is 7.94. The summed E-state index contributed by atoms with van der Waals surface area (Å²) in [5.41, 5.74) is 2.20. The fourth-order valence-corrected chi connectivity index (χ4v) is 3.98. The van der Waals surface area contributed by atoms with E-state index in [2.05, 4.69) is 87.3 Å². The minimum atomic E-state index is 0.0896. The molecule has 0 radical (unpaired) electrons. The fourth-order valence-electron chi connectivity index (χ4n) is 3.78. The minimum absolute atomic E-state index is 0.0896. The van der Waals surface area contributed by atoms with E-state index in [1.165, 1.54) is 21.5 Å². The van der Waals surface area contributed by atoms with E-state index in [0.29, 0.717) is 13.2 Å². The van der Waals surface area contributed by atoms with Crippen molar-refractivity contribution in [3.05, 3.63) is 72.8 Å². The van der Waals surface area contributed by atoms with E-state index >= 15 is 0 Å². The first-order valence-electron chi connectivity index (χ1n) is 9.11. The molecule has 4 heteroatoms. The Balaban J connectivity index is 1.90. The van der Waals surface area contributed by atoms with Crippen molar-refractivity contribution in [3.8, 4) is 22.6 Å². The van der Waals surface area contributed by atoms with Crippen LogP contribution in [0.4, 0.5) is 0 Å². The van der Waals surface area contributed by atoms with Crippen molar-refractivity contribution >= 4 is 30.9 Å². The summed E-state index contributed by atoms with van der Waals surface area (Å²) < 4.78 is 12.5. The lowest BCUT2D eigenvalue weighted by Crippen LogP contribution is -2.33. The van der Waals surface area contributed by atoms with Crippen molar-refractivity contribution in [2.45, 2.75) is 6.04 Å². The molecule has 0 aliphatic carbocycles. The molecule has 0 amide bonds. The first-order chi connectivity index (χ1) is 13.3. The Kier molecular flexibility index (Phi) is 4.20. The molecule has 0 spiro atoms. The van der Waals surface area contributed by atoms with Gasteiger partial charge in [-0.15, -0.1) is 0 Å². The summed E-state index contributed by atoms with van der Waals surface area (Å²) in [6.45, 7) is 1.08. The molecule has 4 aromatic rings. The van der Waals surface area contributed by atoms with Crippen LogP contribution in [0.5, 0.6) is 11.5 Å². The molecule has 1 atom stereocenters. The number of ether oxygens (including phenoxy) is 2. The molecule has 134 valence electrons. The fraction of sp³-hybridized carbons (Fsp3) is 0.130. The van der Waals surface area contributed by atoms with E-state index < -0.39 is 0 Å². The molecular weight excluding hydrogens is 353 g/mol. The molecule has 0 bridgehead atoms. The Bertz CT molecular complexity index is 1050. The summed E-state index contributed by atoms with van der Waals surface area (Å²) in [4.78, 5) is 0. The number of benzene rings is 4. The van der Waals surface area contributed by atoms with E-state index in [1.54, 1.807) is 0 Å². The molecule has 1 N–H and O–H groups in total. The number of fused-ring (bicyclic) bond motifs is 7. The Morgan fingerprint density at radius 2 is 1.15 bits per heavy atom. The highest BCUT2D eigenvalue weighted by atomic mass is 31.0. The predicted octanol–water partition coefficient (Wildman–Crippen LogP) is 5.18. The second kappa shape index (κ2) is 6.84. The third kappa shape index (κ3) is 2.84. The van der Waals surface area contributed by atoms with Gasteiger partial charge in [0.25, 0.3) is 0 Å². The largest absolute Gasteiger partial charge is 0.491 e. The van der Waals surface area contributed by atoms with Gasteiger partial charge in [-0.25, -0.2) is 0 Å². The van der Waals surface area contributed by atoms with E-state index in [-0.39, 0.29) is 6.04 Å². The number of nitrogens with one attached hydrogen (secondary N) is 1. The molecule has 4 aromatic carbocycles.